The minimum atomic E-state index is -0.478. The Morgan fingerprint density at radius 2 is 1.74 bits per heavy atom. The normalized spacial score (nSPS) is 14.6. The second kappa shape index (κ2) is 11.6. The lowest BCUT2D eigenvalue weighted by molar-refractivity contribution is -0.139. The van der Waals surface area contributed by atoms with E-state index in [1.54, 1.807) is 23.4 Å². The van der Waals surface area contributed by atoms with Crippen LogP contribution in [0.1, 0.15) is 42.1 Å². The molecular weight excluding hydrogens is 496 g/mol. The zero-order valence-electron chi connectivity index (χ0n) is 21.7. The first-order chi connectivity index (χ1) is 18.5. The summed E-state index contributed by atoms with van der Waals surface area (Å²) in [6.07, 6.45) is 0. The lowest BCUT2D eigenvalue weighted by Crippen LogP contribution is -2.29. The van der Waals surface area contributed by atoms with Crippen LogP contribution < -0.4 is 10.1 Å². The van der Waals surface area contributed by atoms with Crippen LogP contribution in [0.4, 0.5) is 5.95 Å². The van der Waals surface area contributed by atoms with Gasteiger partial charge in [-0.05, 0) is 55.2 Å². The summed E-state index contributed by atoms with van der Waals surface area (Å²) in [4.78, 5) is 17.8. The molecule has 0 spiro atoms. The Morgan fingerprint density at radius 3 is 2.47 bits per heavy atom. The van der Waals surface area contributed by atoms with Crippen molar-refractivity contribution in [3.05, 3.63) is 112 Å². The van der Waals surface area contributed by atoms with E-state index in [4.69, 9.17) is 19.6 Å². The monoisotopic (exact) mass is 526 g/mol. The van der Waals surface area contributed by atoms with Crippen molar-refractivity contribution >= 4 is 23.7 Å². The minimum absolute atomic E-state index is 0.288. The number of hydrogen-bond acceptors (Lipinski definition) is 7. The molecule has 3 aromatic carbocycles. The molecule has 0 radical (unpaired) electrons. The number of nitrogens with zero attached hydrogens (tertiary/aromatic N) is 3. The summed E-state index contributed by atoms with van der Waals surface area (Å²) in [5, 5.41) is 8.68. The molecule has 0 amide bonds. The highest BCUT2D eigenvalue weighted by atomic mass is 32.2. The van der Waals surface area contributed by atoms with Crippen molar-refractivity contribution < 1.29 is 14.3 Å². The van der Waals surface area contributed by atoms with Gasteiger partial charge in [0.05, 0.1) is 12.2 Å². The van der Waals surface area contributed by atoms with Gasteiger partial charge in [0.2, 0.25) is 11.1 Å². The van der Waals surface area contributed by atoms with Crippen LogP contribution in [0, 0.1) is 6.92 Å². The molecule has 194 valence electrons. The Hall–Kier alpha value is -4.04. The Morgan fingerprint density at radius 1 is 1.00 bits per heavy atom. The summed E-state index contributed by atoms with van der Waals surface area (Å²) in [5.41, 5.74) is 5.63. The number of hydrogen-bond donors (Lipinski definition) is 1. The van der Waals surface area contributed by atoms with E-state index in [0.717, 1.165) is 22.6 Å². The molecular formula is C30H30N4O3S. The van der Waals surface area contributed by atoms with Crippen molar-refractivity contribution in [2.45, 2.75) is 44.3 Å². The van der Waals surface area contributed by atoms with Gasteiger partial charge < -0.3 is 14.8 Å². The number of aromatic nitrogens is 3. The zero-order valence-corrected chi connectivity index (χ0v) is 22.5. The standard InChI is InChI=1S/C30H30N4O3S/c1-4-36-28(35)26-21(3)31-29-32-30(38-19-22-11-6-5-7-12-22)33-34(29)27(26)23-14-16-25(17-15-23)37-18-24-13-9-8-10-20(24)2/h5-17,27H,4,18-19H2,1-3H3,(H,31,32,33). The van der Waals surface area contributed by atoms with Gasteiger partial charge in [-0.15, -0.1) is 5.10 Å². The fraction of sp³-hybridized carbons (Fsp3) is 0.233. The van der Waals surface area contributed by atoms with E-state index in [-0.39, 0.29) is 12.6 Å². The Balaban J connectivity index is 1.41. The largest absolute Gasteiger partial charge is 0.489 e. The molecule has 0 saturated carbocycles. The number of esters is 1. The van der Waals surface area contributed by atoms with Gasteiger partial charge in [-0.2, -0.15) is 4.98 Å². The first kappa shape index (κ1) is 25.6. The van der Waals surface area contributed by atoms with Gasteiger partial charge in [-0.1, -0.05) is 78.5 Å². The van der Waals surface area contributed by atoms with Gasteiger partial charge in [0, 0.05) is 11.4 Å². The Labute approximate surface area is 226 Å². The topological polar surface area (TPSA) is 78.3 Å². The number of nitrogens with one attached hydrogen (secondary N) is 1. The molecule has 0 bridgehead atoms. The first-order valence-corrected chi connectivity index (χ1v) is 13.6. The molecule has 1 aromatic heterocycles. The molecule has 0 saturated heterocycles. The molecule has 0 aliphatic carbocycles. The molecule has 0 fully saturated rings. The predicted octanol–water partition coefficient (Wildman–Crippen LogP) is 6.31. The van der Waals surface area contributed by atoms with Gasteiger partial charge in [-0.3, -0.25) is 0 Å². The fourth-order valence-corrected chi connectivity index (χ4v) is 5.16. The van der Waals surface area contributed by atoms with E-state index in [2.05, 4.69) is 36.5 Å². The molecule has 1 aliphatic rings. The molecule has 38 heavy (non-hydrogen) atoms. The van der Waals surface area contributed by atoms with Crippen LogP contribution in [-0.2, 0) is 21.9 Å². The van der Waals surface area contributed by atoms with Crippen molar-refractivity contribution in [1.29, 1.82) is 0 Å². The molecule has 2 heterocycles. The van der Waals surface area contributed by atoms with E-state index >= 15 is 0 Å². The van der Waals surface area contributed by atoms with Crippen molar-refractivity contribution in [2.24, 2.45) is 0 Å². The van der Waals surface area contributed by atoms with E-state index < -0.39 is 6.04 Å². The van der Waals surface area contributed by atoms with Gasteiger partial charge in [0.1, 0.15) is 18.4 Å². The van der Waals surface area contributed by atoms with E-state index in [1.165, 1.54) is 11.1 Å². The summed E-state index contributed by atoms with van der Waals surface area (Å²) < 4.78 is 13.2. The van der Waals surface area contributed by atoms with Crippen molar-refractivity contribution in [2.75, 3.05) is 11.9 Å². The van der Waals surface area contributed by atoms with Crippen LogP contribution in [0.3, 0.4) is 0 Å². The quantitative estimate of drug-likeness (QED) is 0.202. The van der Waals surface area contributed by atoms with Crippen molar-refractivity contribution in [1.82, 2.24) is 14.8 Å². The molecule has 1 atom stereocenters. The van der Waals surface area contributed by atoms with Gasteiger partial charge in [0.15, 0.2) is 0 Å². The molecule has 5 rings (SSSR count). The van der Waals surface area contributed by atoms with Gasteiger partial charge >= 0.3 is 5.97 Å². The first-order valence-electron chi connectivity index (χ1n) is 12.6. The van der Waals surface area contributed by atoms with Crippen LogP contribution in [0.25, 0.3) is 0 Å². The average molecular weight is 527 g/mol. The lowest BCUT2D eigenvalue weighted by Gasteiger charge is -2.28. The van der Waals surface area contributed by atoms with Gasteiger partial charge in [-0.25, -0.2) is 9.48 Å². The maximum absolute atomic E-state index is 13.1. The number of aryl methyl sites for hydroxylation is 1. The number of allylic oxidation sites excluding steroid dienone is 1. The Bertz CT molecular complexity index is 1450. The molecule has 7 nitrogen and oxygen atoms in total. The van der Waals surface area contributed by atoms with Crippen molar-refractivity contribution in [3.63, 3.8) is 0 Å². The average Bonchev–Trinajstić information content (AvgIpc) is 3.34. The number of rotatable bonds is 9. The highest BCUT2D eigenvalue weighted by Gasteiger charge is 2.35. The number of carbonyl (C=O) groups is 1. The number of anilines is 1. The summed E-state index contributed by atoms with van der Waals surface area (Å²) in [6, 6.07) is 25.7. The third-order valence-corrected chi connectivity index (χ3v) is 7.30. The van der Waals surface area contributed by atoms with Gasteiger partial charge in [0.25, 0.3) is 0 Å². The fourth-order valence-electron chi connectivity index (χ4n) is 4.38. The van der Waals surface area contributed by atoms with Crippen LogP contribution in [0.5, 0.6) is 5.75 Å². The van der Waals surface area contributed by atoms with E-state index in [1.807, 2.05) is 61.5 Å². The zero-order chi connectivity index (χ0) is 26.5. The molecule has 1 unspecified atom stereocenters. The van der Waals surface area contributed by atoms with Crippen LogP contribution in [0.2, 0.25) is 0 Å². The predicted molar refractivity (Wildman–Crippen MR) is 149 cm³/mol. The number of benzene rings is 3. The SMILES string of the molecule is CCOC(=O)C1=C(C)Nc2nc(SCc3ccccc3)nn2C1c1ccc(OCc2ccccc2C)cc1. The Kier molecular flexibility index (Phi) is 7.79. The maximum Gasteiger partial charge on any atom is 0.338 e. The molecule has 1 aliphatic heterocycles. The van der Waals surface area contributed by atoms with Crippen LogP contribution in [0.15, 0.2) is 95.3 Å². The highest BCUT2D eigenvalue weighted by Crippen LogP contribution is 2.37. The molecule has 8 heteroatoms. The lowest BCUT2D eigenvalue weighted by atomic mass is 9.96. The minimum Gasteiger partial charge on any atom is -0.489 e. The van der Waals surface area contributed by atoms with Crippen LogP contribution >= 0.6 is 11.8 Å². The highest BCUT2D eigenvalue weighted by molar-refractivity contribution is 7.98. The van der Waals surface area contributed by atoms with Crippen molar-refractivity contribution in [3.8, 4) is 5.75 Å². The summed E-state index contributed by atoms with van der Waals surface area (Å²) >= 11 is 1.56. The summed E-state index contributed by atoms with van der Waals surface area (Å²) in [5.74, 6) is 1.72. The number of carbonyl (C=O) groups excluding carboxylic acids is 1. The van der Waals surface area contributed by atoms with Crippen LogP contribution in [-0.4, -0.2) is 27.3 Å². The van der Waals surface area contributed by atoms with E-state index in [9.17, 15) is 4.79 Å². The molecule has 1 N–H and O–H groups in total. The van der Waals surface area contributed by atoms with E-state index in [0.29, 0.717) is 29.0 Å². The summed E-state index contributed by atoms with van der Waals surface area (Å²) in [6.45, 7) is 6.53. The second-order valence-electron chi connectivity index (χ2n) is 9.01. The molecule has 4 aromatic rings. The third-order valence-electron chi connectivity index (χ3n) is 6.39. The second-order valence-corrected chi connectivity index (χ2v) is 9.95. The number of ether oxygens (including phenoxy) is 2. The summed E-state index contributed by atoms with van der Waals surface area (Å²) in [7, 11) is 0. The third kappa shape index (κ3) is 5.60. The number of fused-ring (bicyclic) bond motifs is 1. The maximum atomic E-state index is 13.1. The smallest absolute Gasteiger partial charge is 0.338 e. The number of thioether (sulfide) groups is 1.